The number of halogens is 4. The number of nitrogens with one attached hydrogen (secondary N) is 1. The molecular formula is C19H18ClF3N2O. The van der Waals surface area contributed by atoms with E-state index in [2.05, 4.69) is 23.2 Å². The van der Waals surface area contributed by atoms with Gasteiger partial charge < -0.3 is 10.2 Å². The molecule has 1 atom stereocenters. The van der Waals surface area contributed by atoms with Crippen LogP contribution < -0.4 is 10.2 Å². The van der Waals surface area contributed by atoms with Crippen molar-refractivity contribution >= 4 is 28.9 Å². The van der Waals surface area contributed by atoms with Gasteiger partial charge in [0, 0.05) is 29.7 Å². The monoisotopic (exact) mass is 382 g/mol. The fourth-order valence-corrected chi connectivity index (χ4v) is 3.44. The molecule has 138 valence electrons. The molecule has 1 aliphatic heterocycles. The standard InChI is InChI=1S/C19H18ClF3N2O/c1-12-10-13-4-2-3-5-17(13)25(12)9-8-18(26)24-16-7-6-14(20)11-15(16)19(21,22)23/h2-7,11-12H,8-10H2,1H3,(H,24,26). The molecule has 3 nitrogen and oxygen atoms in total. The van der Waals surface area contributed by atoms with Gasteiger partial charge in [-0.25, -0.2) is 0 Å². The summed E-state index contributed by atoms with van der Waals surface area (Å²) in [6.45, 7) is 2.51. The highest BCUT2D eigenvalue weighted by Gasteiger charge is 2.34. The molecule has 1 N–H and O–H groups in total. The minimum atomic E-state index is -4.59. The molecule has 1 heterocycles. The fraction of sp³-hybridized carbons (Fsp3) is 0.316. The zero-order valence-electron chi connectivity index (χ0n) is 14.1. The molecule has 0 fully saturated rings. The van der Waals surface area contributed by atoms with Crippen molar-refractivity contribution in [3.8, 4) is 0 Å². The zero-order chi connectivity index (χ0) is 18.9. The summed E-state index contributed by atoms with van der Waals surface area (Å²) in [6.07, 6.45) is -3.60. The predicted molar refractivity (Wildman–Crippen MR) is 96.7 cm³/mol. The molecule has 1 unspecified atom stereocenters. The number of carbonyl (C=O) groups excluding carboxylic acids is 1. The van der Waals surface area contributed by atoms with Crippen LogP contribution in [0.5, 0.6) is 0 Å². The second-order valence-electron chi connectivity index (χ2n) is 6.36. The first-order valence-corrected chi connectivity index (χ1v) is 8.64. The summed E-state index contributed by atoms with van der Waals surface area (Å²) in [5.74, 6) is -0.464. The third-order valence-corrected chi connectivity index (χ3v) is 4.72. The van der Waals surface area contributed by atoms with Gasteiger partial charge in [0.25, 0.3) is 0 Å². The van der Waals surface area contributed by atoms with Gasteiger partial charge in [-0.05, 0) is 43.2 Å². The van der Waals surface area contributed by atoms with Crippen molar-refractivity contribution in [2.24, 2.45) is 0 Å². The SMILES string of the molecule is CC1Cc2ccccc2N1CCC(=O)Nc1ccc(Cl)cc1C(F)(F)F. The number of para-hydroxylation sites is 1. The van der Waals surface area contributed by atoms with E-state index in [1.54, 1.807) is 0 Å². The van der Waals surface area contributed by atoms with Gasteiger partial charge in [0.15, 0.2) is 0 Å². The molecule has 1 amide bonds. The van der Waals surface area contributed by atoms with Gasteiger partial charge in [-0.3, -0.25) is 4.79 Å². The molecule has 0 saturated carbocycles. The Morgan fingerprint density at radius 3 is 2.73 bits per heavy atom. The lowest BCUT2D eigenvalue weighted by Crippen LogP contribution is -2.32. The molecule has 0 spiro atoms. The number of benzene rings is 2. The van der Waals surface area contributed by atoms with Crippen LogP contribution >= 0.6 is 11.6 Å². The lowest BCUT2D eigenvalue weighted by Gasteiger charge is -2.24. The Balaban J connectivity index is 1.67. The van der Waals surface area contributed by atoms with Crippen LogP contribution in [-0.2, 0) is 17.4 Å². The van der Waals surface area contributed by atoms with E-state index < -0.39 is 17.6 Å². The number of carbonyl (C=O) groups is 1. The maximum atomic E-state index is 13.1. The summed E-state index contributed by atoms with van der Waals surface area (Å²) in [4.78, 5) is 14.3. The molecule has 0 aromatic heterocycles. The zero-order valence-corrected chi connectivity index (χ0v) is 14.9. The quantitative estimate of drug-likeness (QED) is 0.794. The Kier molecular flexibility index (Phi) is 5.14. The number of fused-ring (bicyclic) bond motifs is 1. The van der Waals surface area contributed by atoms with Crippen molar-refractivity contribution in [1.82, 2.24) is 0 Å². The Labute approximate surface area is 154 Å². The average Bonchev–Trinajstić information content (AvgIpc) is 2.89. The van der Waals surface area contributed by atoms with Crippen molar-refractivity contribution < 1.29 is 18.0 Å². The maximum Gasteiger partial charge on any atom is 0.418 e. The topological polar surface area (TPSA) is 32.3 Å². The molecule has 26 heavy (non-hydrogen) atoms. The summed E-state index contributed by atoms with van der Waals surface area (Å²) in [5.41, 5.74) is 1.08. The Bertz CT molecular complexity index is 823. The molecule has 2 aromatic rings. The highest BCUT2D eigenvalue weighted by Crippen LogP contribution is 2.36. The van der Waals surface area contributed by atoms with E-state index in [0.717, 1.165) is 18.2 Å². The number of amides is 1. The van der Waals surface area contributed by atoms with Gasteiger partial charge in [-0.15, -0.1) is 0 Å². The summed E-state index contributed by atoms with van der Waals surface area (Å²) in [5, 5.41) is 2.33. The first kappa shape index (κ1) is 18.6. The van der Waals surface area contributed by atoms with E-state index in [1.165, 1.54) is 17.7 Å². The van der Waals surface area contributed by atoms with Crippen LogP contribution in [0.15, 0.2) is 42.5 Å². The normalized spacial score (nSPS) is 16.5. The highest BCUT2D eigenvalue weighted by atomic mass is 35.5. The second kappa shape index (κ2) is 7.19. The lowest BCUT2D eigenvalue weighted by atomic mass is 10.1. The van der Waals surface area contributed by atoms with E-state index in [0.29, 0.717) is 6.54 Å². The van der Waals surface area contributed by atoms with Crippen molar-refractivity contribution in [2.45, 2.75) is 32.0 Å². The van der Waals surface area contributed by atoms with Gasteiger partial charge in [-0.1, -0.05) is 29.8 Å². The smallest absolute Gasteiger partial charge is 0.368 e. The maximum absolute atomic E-state index is 13.1. The minimum Gasteiger partial charge on any atom is -0.368 e. The number of alkyl halides is 3. The minimum absolute atomic E-state index is 0.0298. The van der Waals surface area contributed by atoms with Crippen LogP contribution in [0.2, 0.25) is 5.02 Å². The number of hydrogen-bond donors (Lipinski definition) is 1. The molecule has 7 heteroatoms. The van der Waals surface area contributed by atoms with Gasteiger partial charge in [-0.2, -0.15) is 13.2 Å². The molecule has 0 aliphatic carbocycles. The van der Waals surface area contributed by atoms with Crippen molar-refractivity contribution in [1.29, 1.82) is 0 Å². The number of hydrogen-bond acceptors (Lipinski definition) is 2. The third-order valence-electron chi connectivity index (χ3n) is 4.49. The van der Waals surface area contributed by atoms with Crippen LogP contribution in [0.3, 0.4) is 0 Å². The number of rotatable bonds is 4. The molecule has 2 aromatic carbocycles. The van der Waals surface area contributed by atoms with E-state index in [4.69, 9.17) is 11.6 Å². The van der Waals surface area contributed by atoms with E-state index in [-0.39, 0.29) is 23.2 Å². The van der Waals surface area contributed by atoms with Crippen LogP contribution in [0, 0.1) is 0 Å². The van der Waals surface area contributed by atoms with Crippen molar-refractivity contribution in [3.63, 3.8) is 0 Å². The average molecular weight is 383 g/mol. The van der Waals surface area contributed by atoms with Gasteiger partial charge in [0.2, 0.25) is 5.91 Å². The van der Waals surface area contributed by atoms with Crippen LogP contribution in [-0.4, -0.2) is 18.5 Å². The van der Waals surface area contributed by atoms with Crippen LogP contribution in [0.25, 0.3) is 0 Å². The van der Waals surface area contributed by atoms with Crippen molar-refractivity contribution in [3.05, 3.63) is 58.6 Å². The summed E-state index contributed by atoms with van der Waals surface area (Å²) in [6, 6.07) is 11.5. The molecule has 0 bridgehead atoms. The number of nitrogens with zero attached hydrogens (tertiary/aromatic N) is 1. The summed E-state index contributed by atoms with van der Waals surface area (Å²) < 4.78 is 39.3. The number of anilines is 2. The molecule has 0 saturated heterocycles. The first-order chi connectivity index (χ1) is 12.3. The summed E-state index contributed by atoms with van der Waals surface area (Å²) in [7, 11) is 0. The first-order valence-electron chi connectivity index (χ1n) is 8.27. The lowest BCUT2D eigenvalue weighted by molar-refractivity contribution is -0.137. The third kappa shape index (κ3) is 3.96. The predicted octanol–water partition coefficient (Wildman–Crippen LogP) is 5.14. The van der Waals surface area contributed by atoms with E-state index in [9.17, 15) is 18.0 Å². The van der Waals surface area contributed by atoms with E-state index in [1.807, 2.05) is 18.2 Å². The molecule has 0 radical (unpaired) electrons. The molecule has 3 rings (SSSR count). The van der Waals surface area contributed by atoms with Gasteiger partial charge >= 0.3 is 6.18 Å². The van der Waals surface area contributed by atoms with Gasteiger partial charge in [0.05, 0.1) is 11.3 Å². The van der Waals surface area contributed by atoms with Gasteiger partial charge in [0.1, 0.15) is 0 Å². The largest absolute Gasteiger partial charge is 0.418 e. The summed E-state index contributed by atoms with van der Waals surface area (Å²) >= 11 is 5.65. The molecule has 1 aliphatic rings. The Morgan fingerprint density at radius 1 is 1.27 bits per heavy atom. The van der Waals surface area contributed by atoms with Crippen LogP contribution in [0.4, 0.5) is 24.5 Å². The van der Waals surface area contributed by atoms with E-state index >= 15 is 0 Å². The highest BCUT2D eigenvalue weighted by molar-refractivity contribution is 6.30. The fourth-order valence-electron chi connectivity index (χ4n) is 3.27. The van der Waals surface area contributed by atoms with Crippen LogP contribution in [0.1, 0.15) is 24.5 Å². The van der Waals surface area contributed by atoms with Crippen molar-refractivity contribution in [2.75, 3.05) is 16.8 Å². The molecular weight excluding hydrogens is 365 g/mol. The Morgan fingerprint density at radius 2 is 2.00 bits per heavy atom. The Hall–Kier alpha value is -2.21. The second-order valence-corrected chi connectivity index (χ2v) is 6.80.